The van der Waals surface area contributed by atoms with Gasteiger partial charge in [-0.15, -0.1) is 11.3 Å². The number of hydrogen-bond acceptors (Lipinski definition) is 10. The van der Waals surface area contributed by atoms with Crippen LogP contribution in [0.15, 0.2) is 41.0 Å². The number of amides is 1. The number of likely N-dealkylation sites (tertiary alicyclic amines) is 1. The molecule has 2 aliphatic heterocycles. The first-order valence-corrected chi connectivity index (χ1v) is 16.2. The van der Waals surface area contributed by atoms with Crippen LogP contribution >= 0.6 is 34.5 Å². The van der Waals surface area contributed by atoms with Gasteiger partial charge in [-0.3, -0.25) is 4.79 Å². The smallest absolute Gasteiger partial charge is 0.421 e. The Labute approximate surface area is 258 Å². The number of halogens is 5. The van der Waals surface area contributed by atoms with Crippen LogP contribution in [-0.2, 0) is 25.9 Å². The first kappa shape index (κ1) is 31.3. The highest BCUT2D eigenvalue weighted by molar-refractivity contribution is 7.86. The molecule has 1 saturated heterocycles. The fourth-order valence-electron chi connectivity index (χ4n) is 4.70. The molecule has 0 N–H and O–H groups in total. The largest absolute Gasteiger partial charge is 0.467 e. The van der Waals surface area contributed by atoms with Crippen molar-refractivity contribution in [3.05, 3.63) is 67.7 Å². The standard InChI is InChI=1S/C26H23Cl2F3N4O6S2/c1-43(37,38)41-20-4-2-3-17(28)23(20)21-10-18(34-40-21)19-13-42-25(33-19)14-5-7-35(8-6-14)22(36)12-39-24-16(26(29,30)31)9-15(27)11-32-24/h2-4,9,11,13-14,21H,5-8,10,12H2,1H3. The molecule has 1 aromatic carbocycles. The fourth-order valence-corrected chi connectivity index (χ4v) is 6.62. The van der Waals surface area contributed by atoms with Crippen LogP contribution in [0.25, 0.3) is 0 Å². The summed E-state index contributed by atoms with van der Waals surface area (Å²) in [5, 5.41) is 6.94. The van der Waals surface area contributed by atoms with Gasteiger partial charge in [-0.05, 0) is 31.0 Å². The minimum atomic E-state index is -4.73. The van der Waals surface area contributed by atoms with Crippen LogP contribution in [-0.4, -0.2) is 60.9 Å². The third-order valence-corrected chi connectivity index (χ3v) is 8.74. The maximum Gasteiger partial charge on any atom is 0.421 e. The van der Waals surface area contributed by atoms with Crippen molar-refractivity contribution in [3.8, 4) is 11.6 Å². The second kappa shape index (κ2) is 12.5. The van der Waals surface area contributed by atoms with E-state index in [1.165, 1.54) is 22.3 Å². The SMILES string of the molecule is CS(=O)(=O)Oc1cccc(Cl)c1C1CC(c2csc(C3CCN(C(=O)COc4ncc(Cl)cc4C(F)(F)F)CC3)n2)=NO1. The molecule has 0 saturated carbocycles. The van der Waals surface area contributed by atoms with E-state index in [0.29, 0.717) is 55.4 Å². The van der Waals surface area contributed by atoms with Crippen molar-refractivity contribution in [1.29, 1.82) is 0 Å². The van der Waals surface area contributed by atoms with Crippen LogP contribution in [0.2, 0.25) is 10.0 Å². The Morgan fingerprint density at radius 1 is 1.23 bits per heavy atom. The average molecular weight is 680 g/mol. The molecule has 1 amide bonds. The minimum absolute atomic E-state index is 0.0624. The number of nitrogens with zero attached hydrogens (tertiary/aromatic N) is 4. The molecule has 2 aliphatic rings. The number of carbonyl (C=O) groups is 1. The van der Waals surface area contributed by atoms with E-state index in [1.54, 1.807) is 12.1 Å². The molecule has 2 aromatic heterocycles. The molecule has 3 aromatic rings. The average Bonchev–Trinajstić information content (AvgIpc) is 3.61. The maximum atomic E-state index is 13.3. The van der Waals surface area contributed by atoms with Crippen molar-refractivity contribution < 1.29 is 40.1 Å². The number of aromatic nitrogens is 2. The van der Waals surface area contributed by atoms with Gasteiger partial charge in [0.25, 0.3) is 5.91 Å². The van der Waals surface area contributed by atoms with E-state index in [9.17, 15) is 26.4 Å². The van der Waals surface area contributed by atoms with Crippen LogP contribution in [0, 0.1) is 0 Å². The molecule has 0 bridgehead atoms. The number of rotatable bonds is 8. The summed E-state index contributed by atoms with van der Waals surface area (Å²) in [5.74, 6) is -1.03. The van der Waals surface area contributed by atoms with E-state index < -0.39 is 46.4 Å². The van der Waals surface area contributed by atoms with Crippen LogP contribution in [0.3, 0.4) is 0 Å². The number of hydrogen-bond donors (Lipinski definition) is 0. The first-order chi connectivity index (χ1) is 20.3. The molecule has 1 fully saturated rings. The van der Waals surface area contributed by atoms with Gasteiger partial charge < -0.3 is 18.7 Å². The van der Waals surface area contributed by atoms with Crippen molar-refractivity contribution >= 4 is 56.3 Å². The summed E-state index contributed by atoms with van der Waals surface area (Å²) in [4.78, 5) is 28.1. The third kappa shape index (κ3) is 7.51. The van der Waals surface area contributed by atoms with Gasteiger partial charge in [0, 0.05) is 37.0 Å². The van der Waals surface area contributed by atoms with E-state index in [2.05, 4.69) is 10.1 Å². The highest BCUT2D eigenvalue weighted by Crippen LogP contribution is 2.41. The van der Waals surface area contributed by atoms with Crippen LogP contribution in [0.1, 0.15) is 53.1 Å². The Kier molecular flexibility index (Phi) is 9.07. The number of ether oxygens (including phenoxy) is 1. The van der Waals surface area contributed by atoms with Crippen molar-refractivity contribution in [2.75, 3.05) is 26.0 Å². The molecular formula is C26H23Cl2F3N4O6S2. The zero-order valence-corrected chi connectivity index (χ0v) is 25.5. The minimum Gasteiger partial charge on any atom is -0.467 e. The molecule has 0 aliphatic carbocycles. The predicted octanol–water partition coefficient (Wildman–Crippen LogP) is 5.85. The van der Waals surface area contributed by atoms with Gasteiger partial charge in [-0.1, -0.05) is 34.4 Å². The number of thiazole rings is 1. The molecular weight excluding hydrogens is 656 g/mol. The number of alkyl halides is 3. The molecule has 17 heteroatoms. The van der Waals surface area contributed by atoms with E-state index in [0.717, 1.165) is 17.5 Å². The number of pyridine rings is 1. The van der Waals surface area contributed by atoms with E-state index in [-0.39, 0.29) is 21.7 Å². The number of carbonyl (C=O) groups excluding carboxylic acids is 1. The highest BCUT2D eigenvalue weighted by atomic mass is 35.5. The fraction of sp³-hybridized carbons (Fsp3) is 0.385. The van der Waals surface area contributed by atoms with Gasteiger partial charge in [0.15, 0.2) is 18.5 Å². The molecule has 10 nitrogen and oxygen atoms in total. The lowest BCUT2D eigenvalue weighted by Gasteiger charge is -2.31. The lowest BCUT2D eigenvalue weighted by atomic mass is 9.97. The summed E-state index contributed by atoms with van der Waals surface area (Å²) < 4.78 is 73.4. The number of oxime groups is 1. The quantitative estimate of drug-likeness (QED) is 0.272. The van der Waals surface area contributed by atoms with Crippen molar-refractivity contribution in [2.24, 2.45) is 5.16 Å². The molecule has 5 rings (SSSR count). The van der Waals surface area contributed by atoms with Crippen LogP contribution < -0.4 is 8.92 Å². The third-order valence-electron chi connectivity index (χ3n) is 6.71. The molecule has 1 atom stereocenters. The van der Waals surface area contributed by atoms with Crippen LogP contribution in [0.5, 0.6) is 11.6 Å². The van der Waals surface area contributed by atoms with Gasteiger partial charge in [0.05, 0.1) is 32.6 Å². The second-order valence-electron chi connectivity index (χ2n) is 9.79. The topological polar surface area (TPSA) is 120 Å². The molecule has 0 spiro atoms. The van der Waals surface area contributed by atoms with Gasteiger partial charge in [0.2, 0.25) is 5.88 Å². The summed E-state index contributed by atoms with van der Waals surface area (Å²) in [6, 6.07) is 5.36. The van der Waals surface area contributed by atoms with Crippen molar-refractivity contribution in [1.82, 2.24) is 14.9 Å². The highest BCUT2D eigenvalue weighted by Gasteiger charge is 2.36. The number of benzene rings is 1. The second-order valence-corrected chi connectivity index (χ2v) is 13.1. The summed E-state index contributed by atoms with van der Waals surface area (Å²) in [5.41, 5.74) is 0.398. The van der Waals surface area contributed by atoms with E-state index >= 15 is 0 Å². The maximum absolute atomic E-state index is 13.3. The van der Waals surface area contributed by atoms with Gasteiger partial charge in [0.1, 0.15) is 11.3 Å². The molecule has 230 valence electrons. The summed E-state index contributed by atoms with van der Waals surface area (Å²) in [6.45, 7) is 0.167. The molecule has 1 unspecified atom stereocenters. The summed E-state index contributed by atoms with van der Waals surface area (Å²) in [6.07, 6.45) is -1.95. The normalized spacial score (nSPS) is 17.9. The molecule has 43 heavy (non-hydrogen) atoms. The first-order valence-electron chi connectivity index (χ1n) is 12.8. The predicted molar refractivity (Wildman–Crippen MR) is 152 cm³/mol. The van der Waals surface area contributed by atoms with Gasteiger partial charge in [-0.2, -0.15) is 21.6 Å². The lowest BCUT2D eigenvalue weighted by molar-refractivity contribution is -0.141. The van der Waals surface area contributed by atoms with Crippen molar-refractivity contribution in [2.45, 2.75) is 37.5 Å². The summed E-state index contributed by atoms with van der Waals surface area (Å²) in [7, 11) is -3.80. The monoisotopic (exact) mass is 678 g/mol. The van der Waals surface area contributed by atoms with Crippen molar-refractivity contribution in [3.63, 3.8) is 0 Å². The Balaban J connectivity index is 1.16. The van der Waals surface area contributed by atoms with Gasteiger partial charge in [-0.25, -0.2) is 9.97 Å². The Morgan fingerprint density at radius 3 is 2.67 bits per heavy atom. The Morgan fingerprint density at radius 2 is 1.98 bits per heavy atom. The Bertz CT molecular complexity index is 1660. The Hall–Kier alpha value is -3.14. The zero-order valence-electron chi connectivity index (χ0n) is 22.3. The van der Waals surface area contributed by atoms with E-state index in [1.807, 2.05) is 5.38 Å². The zero-order chi connectivity index (χ0) is 30.9. The van der Waals surface area contributed by atoms with Crippen LogP contribution in [0.4, 0.5) is 13.2 Å². The van der Waals surface area contributed by atoms with E-state index in [4.69, 9.17) is 41.9 Å². The molecule has 0 radical (unpaired) electrons. The molecule has 4 heterocycles. The summed E-state index contributed by atoms with van der Waals surface area (Å²) >= 11 is 13.4. The lowest BCUT2D eigenvalue weighted by Crippen LogP contribution is -2.40. The number of piperidine rings is 1. The van der Waals surface area contributed by atoms with Gasteiger partial charge >= 0.3 is 16.3 Å².